The quantitative estimate of drug-likeness (QED) is 0.370. The molecule has 0 saturated carbocycles. The second kappa shape index (κ2) is 12.0. The molecule has 172 valence electrons. The zero-order chi connectivity index (χ0) is 23.6. The molecule has 10 nitrogen and oxygen atoms in total. The van der Waals surface area contributed by atoms with Crippen LogP contribution < -0.4 is 10.6 Å². The molecule has 0 aromatic heterocycles. The highest BCUT2D eigenvalue weighted by Gasteiger charge is 2.31. The molecule has 0 aliphatic carbocycles. The molecule has 2 aromatic carbocycles. The molecule has 0 bridgehead atoms. The summed E-state index contributed by atoms with van der Waals surface area (Å²) in [5, 5.41) is 13.8. The van der Waals surface area contributed by atoms with E-state index in [-0.39, 0.29) is 13.0 Å². The summed E-state index contributed by atoms with van der Waals surface area (Å²) in [6, 6.07) is 16.3. The van der Waals surface area contributed by atoms with Crippen molar-refractivity contribution in [3.8, 4) is 0 Å². The van der Waals surface area contributed by atoms with Crippen LogP contribution in [0.25, 0.3) is 0 Å². The van der Waals surface area contributed by atoms with Crippen molar-refractivity contribution in [2.75, 3.05) is 6.29 Å². The normalized spacial score (nSPS) is 14.4. The lowest BCUT2D eigenvalue weighted by Gasteiger charge is -2.20. The average molecular weight is 464 g/mol. The number of ether oxygens (including phenoxy) is 1. The summed E-state index contributed by atoms with van der Waals surface area (Å²) in [6.07, 6.45) is -3.36. The fourth-order valence-electron chi connectivity index (χ4n) is 2.57. The van der Waals surface area contributed by atoms with Crippen molar-refractivity contribution in [2.45, 2.75) is 32.1 Å². The minimum absolute atomic E-state index is 0.0126. The zero-order valence-corrected chi connectivity index (χ0v) is 18.2. The first-order chi connectivity index (χ1) is 15.2. The third-order valence-electron chi connectivity index (χ3n) is 4.22. The van der Waals surface area contributed by atoms with Gasteiger partial charge in [-0.15, -0.1) is 0 Å². The molecule has 0 radical (unpaired) electrons. The lowest BCUT2D eigenvalue weighted by molar-refractivity contribution is -0.145. The predicted molar refractivity (Wildman–Crippen MR) is 115 cm³/mol. The minimum Gasteiger partial charge on any atom is -0.479 e. The highest BCUT2D eigenvalue weighted by atomic mass is 31.2. The molecule has 11 heteroatoms. The fraction of sp³-hybridized carbons (Fsp3) is 0.286. The van der Waals surface area contributed by atoms with Crippen LogP contribution in [0.15, 0.2) is 60.7 Å². The monoisotopic (exact) mass is 464 g/mol. The second-order valence-corrected chi connectivity index (χ2v) is 8.69. The molecule has 0 spiro atoms. The standard InChI is InChI=1S/C21H25N2O8P/c1-15(23-21(27)30-13-17-10-6-3-7-11-17)19(24)22-14-32(28,29)31-18(20(25)26)12-16-8-4-2-5-9-16/h2-11,15,18H,12-14H2,1H3,(H,22,24)(H,23,27)(H,25,26)(H,28,29)/t15-,18?/m0/s1. The van der Waals surface area contributed by atoms with Crippen LogP contribution in [-0.2, 0) is 36.4 Å². The van der Waals surface area contributed by atoms with Crippen molar-refractivity contribution in [2.24, 2.45) is 0 Å². The van der Waals surface area contributed by atoms with Crippen molar-refractivity contribution in [3.63, 3.8) is 0 Å². The van der Waals surface area contributed by atoms with Crippen molar-refractivity contribution >= 4 is 25.6 Å². The van der Waals surface area contributed by atoms with Gasteiger partial charge in [-0.25, -0.2) is 9.59 Å². The molecule has 2 amide bonds. The number of carboxylic acids is 1. The number of alkyl carbamates (subject to hydrolysis) is 1. The van der Waals surface area contributed by atoms with E-state index in [1.165, 1.54) is 6.92 Å². The molecule has 2 aromatic rings. The number of carboxylic acid groups (broad SMARTS) is 1. The van der Waals surface area contributed by atoms with E-state index < -0.39 is 44.0 Å². The molecule has 4 N–H and O–H groups in total. The number of nitrogens with one attached hydrogen (secondary N) is 2. The van der Waals surface area contributed by atoms with E-state index in [0.717, 1.165) is 5.56 Å². The Morgan fingerprint density at radius 1 is 1.00 bits per heavy atom. The summed E-state index contributed by atoms with van der Waals surface area (Å²) in [5.41, 5.74) is 1.37. The smallest absolute Gasteiger partial charge is 0.408 e. The van der Waals surface area contributed by atoms with E-state index in [1.807, 2.05) is 6.07 Å². The summed E-state index contributed by atoms with van der Waals surface area (Å²) in [6.45, 7) is 1.37. The van der Waals surface area contributed by atoms with Crippen LogP contribution in [0.2, 0.25) is 0 Å². The van der Waals surface area contributed by atoms with Crippen molar-refractivity contribution in [3.05, 3.63) is 71.8 Å². The van der Waals surface area contributed by atoms with Crippen molar-refractivity contribution in [1.82, 2.24) is 10.6 Å². The number of rotatable bonds is 11. The Morgan fingerprint density at radius 2 is 1.56 bits per heavy atom. The Hall–Kier alpha value is -3.20. The van der Waals surface area contributed by atoms with Gasteiger partial charge in [0.05, 0.1) is 0 Å². The topological polar surface area (TPSA) is 151 Å². The van der Waals surface area contributed by atoms with Crippen molar-refractivity contribution < 1.29 is 38.2 Å². The van der Waals surface area contributed by atoms with Crippen molar-refractivity contribution in [1.29, 1.82) is 0 Å². The van der Waals surface area contributed by atoms with Gasteiger partial charge in [-0.2, -0.15) is 0 Å². The zero-order valence-electron chi connectivity index (χ0n) is 17.3. The largest absolute Gasteiger partial charge is 0.479 e. The molecule has 0 heterocycles. The molecule has 32 heavy (non-hydrogen) atoms. The Morgan fingerprint density at radius 3 is 2.12 bits per heavy atom. The molecular formula is C21H25N2O8P. The first-order valence-corrected chi connectivity index (χ1v) is 11.4. The first kappa shape index (κ1) is 25.1. The van der Waals surface area contributed by atoms with Gasteiger partial charge in [0.2, 0.25) is 5.91 Å². The van der Waals surface area contributed by atoms with Gasteiger partial charge in [0.1, 0.15) is 18.9 Å². The lowest BCUT2D eigenvalue weighted by Crippen LogP contribution is -2.45. The molecule has 2 unspecified atom stereocenters. The van der Waals surface area contributed by atoms with Gasteiger partial charge in [0.15, 0.2) is 6.10 Å². The molecular weight excluding hydrogens is 439 g/mol. The average Bonchev–Trinajstić information content (AvgIpc) is 2.77. The Labute approximate surface area is 185 Å². The lowest BCUT2D eigenvalue weighted by atomic mass is 10.1. The van der Waals surface area contributed by atoms with E-state index in [4.69, 9.17) is 9.26 Å². The molecule has 3 atom stereocenters. The van der Waals surface area contributed by atoms with Gasteiger partial charge in [-0.1, -0.05) is 60.7 Å². The molecule has 0 saturated heterocycles. The molecule has 0 aliphatic heterocycles. The van der Waals surface area contributed by atoms with E-state index in [9.17, 15) is 28.9 Å². The number of hydrogen-bond donors (Lipinski definition) is 4. The maximum absolute atomic E-state index is 12.3. The van der Waals surface area contributed by atoms with E-state index in [2.05, 4.69) is 10.6 Å². The maximum Gasteiger partial charge on any atom is 0.408 e. The van der Waals surface area contributed by atoms with Crippen LogP contribution in [0.4, 0.5) is 4.79 Å². The second-order valence-electron chi connectivity index (χ2n) is 6.89. The fourth-order valence-corrected chi connectivity index (χ4v) is 3.56. The maximum atomic E-state index is 12.3. The van der Waals surface area contributed by atoms with E-state index >= 15 is 0 Å². The highest BCUT2D eigenvalue weighted by molar-refractivity contribution is 7.52. The van der Waals surface area contributed by atoms with Gasteiger partial charge in [-0.05, 0) is 18.1 Å². The van der Waals surface area contributed by atoms with Gasteiger partial charge in [-0.3, -0.25) is 13.9 Å². The number of amides is 2. The predicted octanol–water partition coefficient (Wildman–Crippen LogP) is 2.27. The minimum atomic E-state index is -4.48. The van der Waals surface area contributed by atoms with Crippen LogP contribution >= 0.6 is 7.60 Å². The van der Waals surface area contributed by atoms with Crippen LogP contribution in [0.5, 0.6) is 0 Å². The Balaban J connectivity index is 1.80. The SMILES string of the molecule is C[C@H](NC(=O)OCc1ccccc1)C(=O)NCP(=O)(O)OC(Cc1ccccc1)C(=O)O. The van der Waals surface area contributed by atoms with Crippen LogP contribution in [0.1, 0.15) is 18.1 Å². The van der Waals surface area contributed by atoms with Crippen LogP contribution in [-0.4, -0.2) is 46.4 Å². The summed E-state index contributed by atoms with van der Waals surface area (Å²) in [5.74, 6) is -2.18. The van der Waals surface area contributed by atoms with Crippen LogP contribution in [0, 0.1) is 0 Å². The third kappa shape index (κ3) is 8.89. The summed E-state index contributed by atoms with van der Waals surface area (Å²) < 4.78 is 22.2. The van der Waals surface area contributed by atoms with E-state index in [1.54, 1.807) is 54.6 Å². The van der Waals surface area contributed by atoms with E-state index in [0.29, 0.717) is 5.56 Å². The Bertz CT molecular complexity index is 955. The molecule has 2 rings (SSSR count). The van der Waals surface area contributed by atoms with Gasteiger partial charge in [0, 0.05) is 6.42 Å². The third-order valence-corrected chi connectivity index (χ3v) is 5.37. The summed E-state index contributed by atoms with van der Waals surface area (Å²) in [7, 11) is -4.48. The highest BCUT2D eigenvalue weighted by Crippen LogP contribution is 2.42. The van der Waals surface area contributed by atoms with Gasteiger partial charge >= 0.3 is 19.7 Å². The van der Waals surface area contributed by atoms with Gasteiger partial charge < -0.3 is 25.4 Å². The van der Waals surface area contributed by atoms with Gasteiger partial charge in [0.25, 0.3) is 0 Å². The Kier molecular flexibility index (Phi) is 9.39. The summed E-state index contributed by atoms with van der Waals surface area (Å²) >= 11 is 0. The summed E-state index contributed by atoms with van der Waals surface area (Å²) in [4.78, 5) is 45.3. The molecule has 0 fully saturated rings. The molecule has 0 aliphatic rings. The first-order valence-electron chi connectivity index (χ1n) is 9.68. The number of hydrogen-bond acceptors (Lipinski definition) is 6. The van der Waals surface area contributed by atoms with Crippen LogP contribution in [0.3, 0.4) is 0 Å². The number of aliphatic carboxylic acids is 1. The number of carbonyl (C=O) groups excluding carboxylic acids is 2. The number of carbonyl (C=O) groups is 3. The number of benzene rings is 2.